The summed E-state index contributed by atoms with van der Waals surface area (Å²) in [5.41, 5.74) is 0.0351. The van der Waals surface area contributed by atoms with Gasteiger partial charge in [0.25, 0.3) is 0 Å². The number of hydrogen-bond donors (Lipinski definition) is 2. The molecule has 0 atom stereocenters. The van der Waals surface area contributed by atoms with Gasteiger partial charge in [0.2, 0.25) is 11.6 Å². The Bertz CT molecular complexity index is 667. The molecule has 104 valence electrons. The lowest BCUT2D eigenvalue weighted by Gasteiger charge is -2.08. The molecule has 2 aromatic rings. The fourth-order valence-electron chi connectivity index (χ4n) is 1.54. The lowest BCUT2D eigenvalue weighted by molar-refractivity contribution is -0.383. The van der Waals surface area contributed by atoms with Crippen molar-refractivity contribution < 1.29 is 9.31 Å². The molecule has 7 nitrogen and oxygen atoms in total. The zero-order valence-corrected chi connectivity index (χ0v) is 11.8. The van der Waals surface area contributed by atoms with E-state index in [4.69, 9.17) is 0 Å². The summed E-state index contributed by atoms with van der Waals surface area (Å²) in [6.45, 7) is 0. The van der Waals surface area contributed by atoms with Gasteiger partial charge in [0.1, 0.15) is 12.1 Å². The summed E-state index contributed by atoms with van der Waals surface area (Å²) >= 11 is 3.03. The zero-order chi connectivity index (χ0) is 14.7. The molecule has 0 aliphatic rings. The van der Waals surface area contributed by atoms with Gasteiger partial charge in [-0.05, 0) is 34.1 Å². The van der Waals surface area contributed by atoms with E-state index in [2.05, 4.69) is 36.5 Å². The third-order valence-electron chi connectivity index (χ3n) is 2.42. The number of rotatable bonds is 4. The number of aromatic nitrogens is 2. The molecule has 0 bridgehead atoms. The normalized spacial score (nSPS) is 10.2. The van der Waals surface area contributed by atoms with Crippen molar-refractivity contribution in [2.24, 2.45) is 0 Å². The molecule has 20 heavy (non-hydrogen) atoms. The molecule has 0 unspecified atom stereocenters. The molecule has 0 amide bonds. The molecule has 0 saturated carbocycles. The molecule has 0 aliphatic carbocycles. The predicted octanol–water partition coefficient (Wildman–Crippen LogP) is 3.07. The Hall–Kier alpha value is -2.29. The summed E-state index contributed by atoms with van der Waals surface area (Å²) in [7, 11) is 1.51. The average Bonchev–Trinajstić information content (AvgIpc) is 2.42. The van der Waals surface area contributed by atoms with Crippen LogP contribution in [0.1, 0.15) is 0 Å². The standard InChI is InChI=1S/C11H9BrFN5O2/c1-14-10-9(18(19)20)11(16-5-15-10)17-6-2-3-7(12)8(13)4-6/h2-5H,1H3,(H2,14,15,16,17). The topological polar surface area (TPSA) is 93.0 Å². The van der Waals surface area contributed by atoms with Crippen LogP contribution in [-0.2, 0) is 0 Å². The van der Waals surface area contributed by atoms with Crippen LogP contribution < -0.4 is 10.6 Å². The number of nitrogens with zero attached hydrogens (tertiary/aromatic N) is 3. The van der Waals surface area contributed by atoms with Crippen LogP contribution in [0.5, 0.6) is 0 Å². The van der Waals surface area contributed by atoms with Gasteiger partial charge in [-0.3, -0.25) is 10.1 Å². The molecule has 0 spiro atoms. The van der Waals surface area contributed by atoms with Gasteiger partial charge >= 0.3 is 5.69 Å². The van der Waals surface area contributed by atoms with Gasteiger partial charge in [-0.1, -0.05) is 0 Å². The summed E-state index contributed by atoms with van der Waals surface area (Å²) < 4.78 is 13.7. The van der Waals surface area contributed by atoms with E-state index in [1.165, 1.54) is 25.5 Å². The maximum Gasteiger partial charge on any atom is 0.353 e. The molecular formula is C11H9BrFN5O2. The quantitative estimate of drug-likeness (QED) is 0.655. The first kappa shape index (κ1) is 14.1. The summed E-state index contributed by atoms with van der Waals surface area (Å²) in [5, 5.41) is 16.4. The van der Waals surface area contributed by atoms with Crippen molar-refractivity contribution in [3.8, 4) is 0 Å². The Morgan fingerprint density at radius 1 is 1.35 bits per heavy atom. The van der Waals surface area contributed by atoms with Crippen molar-refractivity contribution >= 4 is 38.9 Å². The average molecular weight is 342 g/mol. The first-order valence-corrected chi connectivity index (χ1v) is 6.21. The van der Waals surface area contributed by atoms with Gasteiger partial charge in [0.05, 0.1) is 9.40 Å². The number of benzene rings is 1. The van der Waals surface area contributed by atoms with E-state index in [-0.39, 0.29) is 17.3 Å². The van der Waals surface area contributed by atoms with Crippen LogP contribution in [0.4, 0.5) is 27.4 Å². The van der Waals surface area contributed by atoms with Gasteiger partial charge in [-0.25, -0.2) is 14.4 Å². The maximum atomic E-state index is 13.4. The van der Waals surface area contributed by atoms with Gasteiger partial charge in [0, 0.05) is 12.7 Å². The lowest BCUT2D eigenvalue weighted by atomic mass is 10.3. The molecule has 9 heteroatoms. The summed E-state index contributed by atoms with van der Waals surface area (Å²) in [5.74, 6) is -0.429. The highest BCUT2D eigenvalue weighted by molar-refractivity contribution is 9.10. The molecule has 2 N–H and O–H groups in total. The van der Waals surface area contributed by atoms with Gasteiger partial charge in [-0.15, -0.1) is 0 Å². The Balaban J connectivity index is 2.42. The highest BCUT2D eigenvalue weighted by Gasteiger charge is 2.22. The van der Waals surface area contributed by atoms with E-state index in [0.29, 0.717) is 10.2 Å². The number of nitro groups is 1. The highest BCUT2D eigenvalue weighted by Crippen LogP contribution is 2.31. The fourth-order valence-corrected chi connectivity index (χ4v) is 1.78. The van der Waals surface area contributed by atoms with E-state index in [1.54, 1.807) is 6.07 Å². The predicted molar refractivity (Wildman–Crippen MR) is 75.6 cm³/mol. The molecule has 1 heterocycles. The van der Waals surface area contributed by atoms with E-state index in [0.717, 1.165) is 0 Å². The van der Waals surface area contributed by atoms with Crippen molar-refractivity contribution in [1.29, 1.82) is 0 Å². The first-order valence-electron chi connectivity index (χ1n) is 5.42. The minimum atomic E-state index is -0.608. The van der Waals surface area contributed by atoms with Gasteiger partial charge < -0.3 is 10.6 Å². The second-order valence-electron chi connectivity index (χ2n) is 3.68. The van der Waals surface area contributed by atoms with Gasteiger partial charge in [-0.2, -0.15) is 0 Å². The number of hydrogen-bond acceptors (Lipinski definition) is 6. The van der Waals surface area contributed by atoms with Crippen molar-refractivity contribution in [3.05, 3.63) is 44.9 Å². The zero-order valence-electron chi connectivity index (χ0n) is 10.2. The van der Waals surface area contributed by atoms with Crippen molar-refractivity contribution in [1.82, 2.24) is 9.97 Å². The number of halogens is 2. The van der Waals surface area contributed by atoms with Crippen molar-refractivity contribution in [2.45, 2.75) is 0 Å². The van der Waals surface area contributed by atoms with Crippen LogP contribution >= 0.6 is 15.9 Å². The monoisotopic (exact) mass is 341 g/mol. The minimum absolute atomic E-state index is 0.0175. The minimum Gasteiger partial charge on any atom is -0.367 e. The van der Waals surface area contributed by atoms with Gasteiger partial charge in [0.15, 0.2) is 0 Å². The van der Waals surface area contributed by atoms with Crippen LogP contribution in [0.25, 0.3) is 0 Å². The summed E-state index contributed by atoms with van der Waals surface area (Å²) in [6, 6.07) is 4.26. The second kappa shape index (κ2) is 5.78. The van der Waals surface area contributed by atoms with Crippen molar-refractivity contribution in [3.63, 3.8) is 0 Å². The van der Waals surface area contributed by atoms with Crippen LogP contribution in [0.2, 0.25) is 0 Å². The van der Waals surface area contributed by atoms with Crippen LogP contribution in [0, 0.1) is 15.9 Å². The Labute approximate surface area is 121 Å². The molecule has 2 rings (SSSR count). The van der Waals surface area contributed by atoms with Crippen LogP contribution in [0.15, 0.2) is 29.0 Å². The molecule has 1 aromatic heterocycles. The van der Waals surface area contributed by atoms with E-state index in [1.807, 2.05) is 0 Å². The van der Waals surface area contributed by atoms with E-state index >= 15 is 0 Å². The third-order valence-corrected chi connectivity index (χ3v) is 3.07. The Morgan fingerprint density at radius 2 is 2.05 bits per heavy atom. The SMILES string of the molecule is CNc1ncnc(Nc2ccc(Br)c(F)c2)c1[N+](=O)[O-]. The van der Waals surface area contributed by atoms with E-state index < -0.39 is 10.7 Å². The van der Waals surface area contributed by atoms with E-state index in [9.17, 15) is 14.5 Å². The smallest absolute Gasteiger partial charge is 0.353 e. The molecular weight excluding hydrogens is 333 g/mol. The highest BCUT2D eigenvalue weighted by atomic mass is 79.9. The Morgan fingerprint density at radius 3 is 2.65 bits per heavy atom. The number of anilines is 3. The summed E-state index contributed by atoms with van der Waals surface area (Å²) in [6.07, 6.45) is 1.18. The van der Waals surface area contributed by atoms with Crippen molar-refractivity contribution in [2.75, 3.05) is 17.7 Å². The second-order valence-corrected chi connectivity index (χ2v) is 4.53. The lowest BCUT2D eigenvalue weighted by Crippen LogP contribution is -2.05. The van der Waals surface area contributed by atoms with Crippen LogP contribution in [-0.4, -0.2) is 21.9 Å². The fraction of sp³-hybridized carbons (Fsp3) is 0.0909. The molecule has 0 radical (unpaired) electrons. The molecule has 0 fully saturated rings. The van der Waals surface area contributed by atoms with Crippen LogP contribution in [0.3, 0.4) is 0 Å². The third kappa shape index (κ3) is 2.82. The molecule has 0 aliphatic heterocycles. The maximum absolute atomic E-state index is 13.4. The first-order chi connectivity index (χ1) is 9.52. The molecule has 1 aromatic carbocycles. The Kier molecular flexibility index (Phi) is 4.08. The molecule has 0 saturated heterocycles. The number of nitrogens with one attached hydrogen (secondary N) is 2. The largest absolute Gasteiger partial charge is 0.367 e. The summed E-state index contributed by atoms with van der Waals surface area (Å²) in [4.78, 5) is 18.1.